The topological polar surface area (TPSA) is 84.5 Å². The molecule has 0 saturated heterocycles. The molecular formula is C14H16N2O4. The average Bonchev–Trinajstić information content (AvgIpc) is 2.76. The minimum atomic E-state index is -0.371. The predicted molar refractivity (Wildman–Crippen MR) is 70.9 cm³/mol. The first-order valence-corrected chi connectivity index (χ1v) is 6.35. The van der Waals surface area contributed by atoms with E-state index in [1.54, 1.807) is 12.1 Å². The number of fused-ring (bicyclic) bond motifs is 1. The van der Waals surface area contributed by atoms with Gasteiger partial charge in [0.2, 0.25) is 5.91 Å². The molecule has 0 fully saturated rings. The number of carbonyl (C=O) groups is 3. The van der Waals surface area contributed by atoms with Gasteiger partial charge in [-0.3, -0.25) is 14.4 Å². The third-order valence-corrected chi connectivity index (χ3v) is 3.15. The summed E-state index contributed by atoms with van der Waals surface area (Å²) in [5.41, 5.74) is 1.44. The molecule has 1 aliphatic heterocycles. The van der Waals surface area contributed by atoms with Crippen molar-refractivity contribution in [3.8, 4) is 0 Å². The number of ether oxygens (including phenoxy) is 1. The minimum Gasteiger partial charge on any atom is -0.469 e. The number of methoxy groups -OCH3 is 1. The molecule has 1 atom stereocenters. The number of hydrogen-bond acceptors (Lipinski definition) is 4. The number of hydrogen-bond donors (Lipinski definition) is 2. The Balaban J connectivity index is 1.87. The van der Waals surface area contributed by atoms with E-state index in [-0.39, 0.29) is 43.2 Å². The quantitative estimate of drug-likeness (QED) is 0.769. The average molecular weight is 276 g/mol. The van der Waals surface area contributed by atoms with Crippen LogP contribution in [0.25, 0.3) is 0 Å². The van der Waals surface area contributed by atoms with Gasteiger partial charge in [-0.05, 0) is 11.6 Å². The summed E-state index contributed by atoms with van der Waals surface area (Å²) in [6, 6.07) is 6.88. The van der Waals surface area contributed by atoms with Crippen LogP contribution in [0, 0.1) is 0 Å². The van der Waals surface area contributed by atoms with Crippen LogP contribution in [0.15, 0.2) is 24.3 Å². The molecule has 0 saturated carbocycles. The highest BCUT2D eigenvalue weighted by atomic mass is 16.5. The van der Waals surface area contributed by atoms with E-state index in [4.69, 9.17) is 0 Å². The Hall–Kier alpha value is -2.37. The van der Waals surface area contributed by atoms with Crippen molar-refractivity contribution in [3.05, 3.63) is 35.4 Å². The Labute approximate surface area is 116 Å². The van der Waals surface area contributed by atoms with Crippen LogP contribution in [0.1, 0.15) is 34.8 Å². The molecule has 106 valence electrons. The highest BCUT2D eigenvalue weighted by molar-refractivity contribution is 5.99. The van der Waals surface area contributed by atoms with E-state index in [1.807, 2.05) is 12.1 Å². The number of nitrogens with one attached hydrogen (secondary N) is 2. The van der Waals surface area contributed by atoms with E-state index in [1.165, 1.54) is 7.11 Å². The van der Waals surface area contributed by atoms with Gasteiger partial charge in [0.05, 0.1) is 26.0 Å². The molecule has 2 N–H and O–H groups in total. The maximum Gasteiger partial charge on any atom is 0.307 e. The zero-order valence-corrected chi connectivity index (χ0v) is 11.1. The van der Waals surface area contributed by atoms with E-state index >= 15 is 0 Å². The van der Waals surface area contributed by atoms with Crippen molar-refractivity contribution in [1.29, 1.82) is 0 Å². The predicted octanol–water partition coefficient (Wildman–Crippen LogP) is 0.540. The zero-order chi connectivity index (χ0) is 14.5. The maximum atomic E-state index is 11.8. The van der Waals surface area contributed by atoms with Gasteiger partial charge in [0.1, 0.15) is 0 Å². The number of benzene rings is 1. The molecule has 6 heteroatoms. The van der Waals surface area contributed by atoms with E-state index in [9.17, 15) is 14.4 Å². The van der Waals surface area contributed by atoms with Gasteiger partial charge in [0.25, 0.3) is 5.91 Å². The van der Waals surface area contributed by atoms with Gasteiger partial charge >= 0.3 is 5.97 Å². The van der Waals surface area contributed by atoms with Crippen molar-refractivity contribution in [2.24, 2.45) is 0 Å². The van der Waals surface area contributed by atoms with Crippen molar-refractivity contribution in [3.63, 3.8) is 0 Å². The summed E-state index contributed by atoms with van der Waals surface area (Å²) >= 11 is 0. The van der Waals surface area contributed by atoms with Crippen LogP contribution in [0.4, 0.5) is 0 Å². The normalized spacial score (nSPS) is 16.2. The molecule has 2 amide bonds. The summed E-state index contributed by atoms with van der Waals surface area (Å²) in [6.45, 7) is 0.230. The second kappa shape index (κ2) is 6.18. The molecule has 20 heavy (non-hydrogen) atoms. The molecule has 6 nitrogen and oxygen atoms in total. The summed E-state index contributed by atoms with van der Waals surface area (Å²) < 4.78 is 4.48. The summed E-state index contributed by atoms with van der Waals surface area (Å²) in [5.74, 6) is -0.742. The summed E-state index contributed by atoms with van der Waals surface area (Å²) in [6.07, 6.45) is 0.291. The van der Waals surface area contributed by atoms with Gasteiger partial charge in [-0.1, -0.05) is 18.2 Å². The minimum absolute atomic E-state index is 0.135. The molecular weight excluding hydrogens is 260 g/mol. The Morgan fingerprint density at radius 1 is 1.35 bits per heavy atom. The summed E-state index contributed by atoms with van der Waals surface area (Å²) in [5, 5.41) is 5.40. The van der Waals surface area contributed by atoms with Crippen LogP contribution >= 0.6 is 0 Å². The fraction of sp³-hybridized carbons (Fsp3) is 0.357. The molecule has 0 unspecified atom stereocenters. The highest BCUT2D eigenvalue weighted by Gasteiger charge is 2.29. The highest BCUT2D eigenvalue weighted by Crippen LogP contribution is 2.27. The van der Waals surface area contributed by atoms with Crippen molar-refractivity contribution in [2.45, 2.75) is 18.9 Å². The first-order valence-electron chi connectivity index (χ1n) is 6.35. The standard InChI is InChI=1S/C14H16N2O4/c1-20-13(18)6-7-15-12(17)8-11-9-4-2-3-5-10(9)14(19)16-11/h2-5,11H,6-8H2,1H3,(H,15,17)(H,16,19)/t11-/m0/s1. The molecule has 1 heterocycles. The van der Waals surface area contributed by atoms with Gasteiger partial charge in [-0.25, -0.2) is 0 Å². The van der Waals surface area contributed by atoms with Crippen molar-refractivity contribution >= 4 is 17.8 Å². The maximum absolute atomic E-state index is 11.8. The molecule has 0 aliphatic carbocycles. The first kappa shape index (κ1) is 14.0. The second-order valence-corrected chi connectivity index (χ2v) is 4.49. The third kappa shape index (κ3) is 3.14. The number of esters is 1. The van der Waals surface area contributed by atoms with Crippen LogP contribution in [0.2, 0.25) is 0 Å². The molecule has 0 radical (unpaired) electrons. The lowest BCUT2D eigenvalue weighted by Gasteiger charge is -2.11. The lowest BCUT2D eigenvalue weighted by Crippen LogP contribution is -2.30. The smallest absolute Gasteiger partial charge is 0.307 e. The number of rotatable bonds is 5. The van der Waals surface area contributed by atoms with Crippen LogP contribution in [0.5, 0.6) is 0 Å². The van der Waals surface area contributed by atoms with Crippen LogP contribution < -0.4 is 10.6 Å². The van der Waals surface area contributed by atoms with E-state index in [0.29, 0.717) is 5.56 Å². The monoisotopic (exact) mass is 276 g/mol. The largest absolute Gasteiger partial charge is 0.469 e. The van der Waals surface area contributed by atoms with Gasteiger partial charge in [0.15, 0.2) is 0 Å². The van der Waals surface area contributed by atoms with E-state index in [2.05, 4.69) is 15.4 Å². The molecule has 1 aliphatic rings. The third-order valence-electron chi connectivity index (χ3n) is 3.15. The molecule has 0 bridgehead atoms. The fourth-order valence-corrected chi connectivity index (χ4v) is 2.15. The van der Waals surface area contributed by atoms with Crippen molar-refractivity contribution < 1.29 is 19.1 Å². The Bertz CT molecular complexity index is 542. The molecule has 1 aromatic rings. The van der Waals surface area contributed by atoms with E-state index in [0.717, 1.165) is 5.56 Å². The van der Waals surface area contributed by atoms with Gasteiger partial charge in [-0.2, -0.15) is 0 Å². The van der Waals surface area contributed by atoms with Gasteiger partial charge < -0.3 is 15.4 Å². The summed E-state index contributed by atoms with van der Waals surface area (Å²) in [4.78, 5) is 34.4. The molecule has 1 aromatic carbocycles. The molecule has 0 spiro atoms. The Kier molecular flexibility index (Phi) is 4.34. The SMILES string of the molecule is COC(=O)CCNC(=O)C[C@@H]1NC(=O)c2ccccc21. The van der Waals surface area contributed by atoms with E-state index < -0.39 is 0 Å². The second-order valence-electron chi connectivity index (χ2n) is 4.49. The van der Waals surface area contributed by atoms with Gasteiger partial charge in [0, 0.05) is 12.1 Å². The Morgan fingerprint density at radius 3 is 2.85 bits per heavy atom. The fourth-order valence-electron chi connectivity index (χ4n) is 2.15. The molecule has 0 aromatic heterocycles. The number of carbonyl (C=O) groups excluding carboxylic acids is 3. The van der Waals surface area contributed by atoms with Gasteiger partial charge in [-0.15, -0.1) is 0 Å². The number of amides is 2. The molecule has 2 rings (SSSR count). The first-order chi connectivity index (χ1) is 9.61. The van der Waals surface area contributed by atoms with Crippen molar-refractivity contribution in [2.75, 3.05) is 13.7 Å². The lowest BCUT2D eigenvalue weighted by atomic mass is 10.0. The zero-order valence-electron chi connectivity index (χ0n) is 11.1. The summed E-state index contributed by atoms with van der Waals surface area (Å²) in [7, 11) is 1.30. The van der Waals surface area contributed by atoms with Crippen LogP contribution in [-0.4, -0.2) is 31.4 Å². The Morgan fingerprint density at radius 2 is 2.10 bits per heavy atom. The van der Waals surface area contributed by atoms with Crippen LogP contribution in [0.3, 0.4) is 0 Å². The van der Waals surface area contributed by atoms with Crippen LogP contribution in [-0.2, 0) is 14.3 Å². The van der Waals surface area contributed by atoms with Crippen molar-refractivity contribution in [1.82, 2.24) is 10.6 Å². The lowest BCUT2D eigenvalue weighted by molar-refractivity contribution is -0.140.